The Hall–Kier alpha value is -2.07. The fraction of sp³-hybridized carbons (Fsp3) is 0.500. The van der Waals surface area contributed by atoms with Crippen LogP contribution in [0.1, 0.15) is 40.2 Å². The van der Waals surface area contributed by atoms with Gasteiger partial charge in [0.2, 0.25) is 5.91 Å². The van der Waals surface area contributed by atoms with Crippen molar-refractivity contribution in [2.24, 2.45) is 0 Å². The van der Waals surface area contributed by atoms with Crippen molar-refractivity contribution < 1.29 is 36.4 Å². The molecule has 0 radical (unpaired) electrons. The van der Waals surface area contributed by atoms with E-state index in [2.05, 4.69) is 10.1 Å². The maximum absolute atomic E-state index is 14.2. The third kappa shape index (κ3) is 5.48. The molecule has 1 heterocycles. The lowest BCUT2D eigenvalue weighted by molar-refractivity contribution is -0.274. The van der Waals surface area contributed by atoms with Crippen LogP contribution in [0.5, 0.6) is 5.75 Å². The van der Waals surface area contributed by atoms with E-state index in [1.807, 2.05) is 27.7 Å². The van der Waals surface area contributed by atoms with Crippen LogP contribution in [0.4, 0.5) is 17.6 Å². The van der Waals surface area contributed by atoms with Gasteiger partial charge in [0.25, 0.3) is 0 Å². The van der Waals surface area contributed by atoms with Crippen molar-refractivity contribution in [1.29, 1.82) is 0 Å². The van der Waals surface area contributed by atoms with E-state index in [4.69, 9.17) is 9.31 Å². The molecular formula is C18H22BF4NO4. The van der Waals surface area contributed by atoms with E-state index in [9.17, 15) is 22.4 Å². The van der Waals surface area contributed by atoms with E-state index in [0.717, 1.165) is 18.2 Å². The number of carbonyl (C=O) groups excluding carboxylic acids is 1. The molecule has 1 N–H and O–H groups in total. The average Bonchev–Trinajstić information content (AvgIpc) is 2.73. The van der Waals surface area contributed by atoms with Crippen LogP contribution < -0.4 is 10.1 Å². The lowest BCUT2D eigenvalue weighted by Crippen LogP contribution is -2.41. The lowest BCUT2D eigenvalue weighted by atomic mass is 9.77. The fourth-order valence-electron chi connectivity index (χ4n) is 2.45. The number of alkyl halides is 3. The summed E-state index contributed by atoms with van der Waals surface area (Å²) in [4.78, 5) is 11.3. The number of amides is 1. The van der Waals surface area contributed by atoms with E-state index >= 15 is 0 Å². The molecule has 1 aliphatic heterocycles. The number of ether oxygens (including phenoxy) is 1. The second kappa shape index (κ2) is 7.75. The monoisotopic (exact) mass is 403 g/mol. The Balaban J connectivity index is 2.40. The number of halogens is 4. The molecule has 1 aliphatic rings. The van der Waals surface area contributed by atoms with Crippen LogP contribution in [0.2, 0.25) is 0 Å². The van der Waals surface area contributed by atoms with Crippen molar-refractivity contribution in [3.05, 3.63) is 35.1 Å². The second-order valence-electron chi connectivity index (χ2n) is 7.45. The highest BCUT2D eigenvalue weighted by Crippen LogP contribution is 2.39. The highest BCUT2D eigenvalue weighted by atomic mass is 19.4. The molecule has 1 aromatic rings. The summed E-state index contributed by atoms with van der Waals surface area (Å²) < 4.78 is 67.2. The molecule has 0 saturated carbocycles. The van der Waals surface area contributed by atoms with Crippen LogP contribution in [0.3, 0.4) is 0 Å². The summed E-state index contributed by atoms with van der Waals surface area (Å²) in [7, 11) is -0.913. The SMILES string of the molecule is CC(=O)NCC(=Cc1cc(OC(F)(F)F)ccc1F)B1OC(C)(C)C(C)(C)O1. The maximum atomic E-state index is 14.2. The molecule has 0 atom stereocenters. The van der Waals surface area contributed by atoms with E-state index in [1.54, 1.807) is 0 Å². The van der Waals surface area contributed by atoms with Gasteiger partial charge in [-0.3, -0.25) is 4.79 Å². The van der Waals surface area contributed by atoms with Gasteiger partial charge < -0.3 is 19.4 Å². The van der Waals surface area contributed by atoms with Gasteiger partial charge in [0.05, 0.1) is 11.2 Å². The molecular weight excluding hydrogens is 381 g/mol. The molecule has 154 valence electrons. The predicted molar refractivity (Wildman–Crippen MR) is 95.8 cm³/mol. The minimum atomic E-state index is -4.90. The van der Waals surface area contributed by atoms with Gasteiger partial charge in [-0.15, -0.1) is 13.2 Å². The van der Waals surface area contributed by atoms with E-state index in [1.165, 1.54) is 13.0 Å². The van der Waals surface area contributed by atoms with E-state index in [0.29, 0.717) is 5.47 Å². The molecule has 1 saturated heterocycles. The Labute approximate surface area is 161 Å². The zero-order chi connectivity index (χ0) is 21.3. The molecule has 0 spiro atoms. The second-order valence-corrected chi connectivity index (χ2v) is 7.45. The van der Waals surface area contributed by atoms with Gasteiger partial charge in [0.15, 0.2) is 0 Å². The van der Waals surface area contributed by atoms with Crippen molar-refractivity contribution in [2.45, 2.75) is 52.2 Å². The summed E-state index contributed by atoms with van der Waals surface area (Å²) in [6.07, 6.45) is -3.61. The molecule has 1 aromatic carbocycles. The highest BCUT2D eigenvalue weighted by Gasteiger charge is 2.52. The van der Waals surface area contributed by atoms with Gasteiger partial charge in [0.1, 0.15) is 11.6 Å². The molecule has 10 heteroatoms. The first kappa shape index (κ1) is 22.2. The van der Waals surface area contributed by atoms with Crippen LogP contribution >= 0.6 is 0 Å². The van der Waals surface area contributed by atoms with Gasteiger partial charge >= 0.3 is 13.5 Å². The summed E-state index contributed by atoms with van der Waals surface area (Å²) >= 11 is 0. The van der Waals surface area contributed by atoms with Gasteiger partial charge in [-0.1, -0.05) is 6.08 Å². The van der Waals surface area contributed by atoms with Crippen molar-refractivity contribution in [2.75, 3.05) is 6.54 Å². The lowest BCUT2D eigenvalue weighted by Gasteiger charge is -2.32. The van der Waals surface area contributed by atoms with Crippen molar-refractivity contribution in [3.63, 3.8) is 0 Å². The molecule has 0 unspecified atom stereocenters. The number of benzene rings is 1. The molecule has 1 amide bonds. The van der Waals surface area contributed by atoms with Gasteiger partial charge in [-0.2, -0.15) is 0 Å². The Morgan fingerprint density at radius 3 is 2.29 bits per heavy atom. The first-order valence-corrected chi connectivity index (χ1v) is 8.56. The number of nitrogens with one attached hydrogen (secondary N) is 1. The predicted octanol–water partition coefficient (Wildman–Crippen LogP) is 3.88. The Bertz CT molecular complexity index is 761. The zero-order valence-corrected chi connectivity index (χ0v) is 16.2. The third-order valence-electron chi connectivity index (χ3n) is 4.64. The molecule has 0 aromatic heterocycles. The summed E-state index contributed by atoms with van der Waals surface area (Å²) in [5, 5.41) is 2.57. The van der Waals surface area contributed by atoms with Gasteiger partial charge in [-0.05, 0) is 51.4 Å². The topological polar surface area (TPSA) is 56.8 Å². The van der Waals surface area contributed by atoms with Crippen LogP contribution in [0, 0.1) is 5.82 Å². The Morgan fingerprint density at radius 2 is 1.79 bits per heavy atom. The van der Waals surface area contributed by atoms with Crippen LogP contribution in [-0.4, -0.2) is 37.1 Å². The van der Waals surface area contributed by atoms with Gasteiger partial charge in [0, 0.05) is 19.0 Å². The summed E-state index contributed by atoms with van der Waals surface area (Å²) in [6.45, 7) is 8.56. The van der Waals surface area contributed by atoms with E-state index in [-0.39, 0.29) is 18.0 Å². The molecule has 5 nitrogen and oxygen atoms in total. The molecule has 0 bridgehead atoms. The Kier molecular flexibility index (Phi) is 6.15. The standard InChI is InChI=1S/C18H22BF4NO4/c1-11(25)24-10-13(19-27-16(2,3)17(4,5)28-19)8-12-9-14(6-7-15(12)20)26-18(21,22)23/h6-9H,10H2,1-5H3,(H,24,25). The molecule has 2 rings (SSSR count). The minimum absolute atomic E-state index is 0.0318. The normalized spacial score (nSPS) is 18.9. The fourth-order valence-corrected chi connectivity index (χ4v) is 2.45. The van der Waals surface area contributed by atoms with E-state index < -0.39 is 36.2 Å². The smallest absolute Gasteiger partial charge is 0.406 e. The summed E-state index contributed by atoms with van der Waals surface area (Å²) in [6, 6.07) is 2.66. The molecule has 0 aliphatic carbocycles. The quantitative estimate of drug-likeness (QED) is 0.599. The zero-order valence-electron chi connectivity index (χ0n) is 16.2. The van der Waals surface area contributed by atoms with Gasteiger partial charge in [-0.25, -0.2) is 4.39 Å². The summed E-state index contributed by atoms with van der Waals surface area (Å²) in [5.41, 5.74) is -1.19. The largest absolute Gasteiger partial charge is 0.573 e. The molecule has 28 heavy (non-hydrogen) atoms. The number of carbonyl (C=O) groups is 1. The first-order chi connectivity index (χ1) is 12.7. The van der Waals surface area contributed by atoms with Crippen LogP contribution in [0.25, 0.3) is 6.08 Å². The minimum Gasteiger partial charge on any atom is -0.406 e. The molecule has 1 fully saturated rings. The summed E-state index contributed by atoms with van der Waals surface area (Å²) in [5.74, 6) is -1.66. The third-order valence-corrected chi connectivity index (χ3v) is 4.64. The van der Waals surface area contributed by atoms with Crippen molar-refractivity contribution >= 4 is 19.1 Å². The number of hydrogen-bond donors (Lipinski definition) is 1. The van der Waals surface area contributed by atoms with Crippen LogP contribution in [-0.2, 0) is 14.1 Å². The van der Waals surface area contributed by atoms with Crippen LogP contribution in [0.15, 0.2) is 23.7 Å². The number of hydrogen-bond acceptors (Lipinski definition) is 4. The average molecular weight is 403 g/mol. The first-order valence-electron chi connectivity index (χ1n) is 8.56. The highest BCUT2D eigenvalue weighted by molar-refractivity contribution is 6.56. The Morgan fingerprint density at radius 1 is 1.21 bits per heavy atom. The maximum Gasteiger partial charge on any atom is 0.573 e. The van der Waals surface area contributed by atoms with Crippen molar-refractivity contribution in [1.82, 2.24) is 5.32 Å². The van der Waals surface area contributed by atoms with Crippen molar-refractivity contribution in [3.8, 4) is 5.75 Å². The number of rotatable bonds is 5.